The SMILES string of the molecule is NC(=O)N/N=C/c1cc[cH-]c1.[Fe+2].c1cc[cH-]c1. The van der Waals surface area contributed by atoms with Crippen LogP contribution in [0.2, 0.25) is 0 Å². The van der Waals surface area contributed by atoms with E-state index in [1.165, 1.54) is 6.21 Å². The van der Waals surface area contributed by atoms with Crippen molar-refractivity contribution in [1.29, 1.82) is 0 Å². The van der Waals surface area contributed by atoms with Crippen molar-refractivity contribution in [3.63, 3.8) is 0 Å². The molecule has 0 fully saturated rings. The minimum absolute atomic E-state index is 0. The molecule has 2 aromatic carbocycles. The standard InChI is InChI=1S/C7H8N3O.C5H5.Fe/c8-7(11)10-9-5-6-3-1-2-4-6;1-2-4-5-3-1;/h1-5H,(H3,8,10,11);1-5H;/q2*-1;+2/b9-5+;;. The number of carbonyl (C=O) groups is 1. The average Bonchev–Trinajstić information content (AvgIpc) is 2.93. The number of nitrogens with two attached hydrogens (primary N) is 1. The van der Waals surface area contributed by atoms with E-state index in [9.17, 15) is 4.79 Å². The number of primary amides is 1. The summed E-state index contributed by atoms with van der Waals surface area (Å²) < 4.78 is 0. The van der Waals surface area contributed by atoms with E-state index < -0.39 is 6.03 Å². The second-order valence-corrected chi connectivity index (χ2v) is 2.91. The van der Waals surface area contributed by atoms with Crippen molar-refractivity contribution in [2.24, 2.45) is 10.8 Å². The van der Waals surface area contributed by atoms with Gasteiger partial charge in [-0.2, -0.15) is 47.1 Å². The Morgan fingerprint density at radius 1 is 1.29 bits per heavy atom. The summed E-state index contributed by atoms with van der Waals surface area (Å²) in [7, 11) is 0. The van der Waals surface area contributed by atoms with Crippen LogP contribution in [-0.2, 0) is 17.1 Å². The van der Waals surface area contributed by atoms with E-state index >= 15 is 0 Å². The van der Waals surface area contributed by atoms with Crippen LogP contribution in [0.3, 0.4) is 0 Å². The van der Waals surface area contributed by atoms with Crippen molar-refractivity contribution >= 4 is 12.2 Å². The minimum Gasteiger partial charge on any atom is -0.350 e. The number of carbonyl (C=O) groups excluding carboxylic acids is 1. The Labute approximate surface area is 111 Å². The number of amides is 2. The number of hydrogen-bond acceptors (Lipinski definition) is 2. The molecule has 0 unspecified atom stereocenters. The second-order valence-electron chi connectivity index (χ2n) is 2.91. The van der Waals surface area contributed by atoms with E-state index in [4.69, 9.17) is 5.73 Å². The number of rotatable bonds is 2. The maximum absolute atomic E-state index is 10.1. The molecule has 5 heteroatoms. The van der Waals surface area contributed by atoms with Crippen LogP contribution in [0.4, 0.5) is 4.79 Å². The van der Waals surface area contributed by atoms with Gasteiger partial charge in [-0.25, -0.2) is 28.4 Å². The molecule has 2 rings (SSSR count). The average molecular weight is 271 g/mol. The Morgan fingerprint density at radius 2 is 2.00 bits per heavy atom. The molecule has 90 valence electrons. The van der Waals surface area contributed by atoms with Crippen LogP contribution in [0.1, 0.15) is 5.56 Å². The number of urea groups is 1. The summed E-state index contributed by atoms with van der Waals surface area (Å²) in [5.74, 6) is 0. The van der Waals surface area contributed by atoms with Crippen LogP contribution in [0.5, 0.6) is 0 Å². The first-order valence-corrected chi connectivity index (χ1v) is 4.76. The molecule has 0 aliphatic carbocycles. The van der Waals surface area contributed by atoms with Gasteiger partial charge in [-0.3, -0.25) is 0 Å². The van der Waals surface area contributed by atoms with Crippen molar-refractivity contribution in [3.8, 4) is 0 Å². The molecule has 3 N–H and O–H groups in total. The second kappa shape index (κ2) is 9.39. The van der Waals surface area contributed by atoms with Crippen molar-refractivity contribution < 1.29 is 21.9 Å². The van der Waals surface area contributed by atoms with Gasteiger partial charge in [0.15, 0.2) is 0 Å². The van der Waals surface area contributed by atoms with Gasteiger partial charge in [0.25, 0.3) is 0 Å². The first kappa shape index (κ1) is 15.2. The summed E-state index contributed by atoms with van der Waals surface area (Å²) in [4.78, 5) is 10.1. The number of hydrogen-bond donors (Lipinski definition) is 2. The third-order valence-electron chi connectivity index (χ3n) is 1.63. The quantitative estimate of drug-likeness (QED) is 0.372. The molecular weight excluding hydrogens is 258 g/mol. The van der Waals surface area contributed by atoms with E-state index in [1.54, 1.807) is 0 Å². The summed E-state index contributed by atoms with van der Waals surface area (Å²) >= 11 is 0. The van der Waals surface area contributed by atoms with Gasteiger partial charge < -0.3 is 5.73 Å². The fourth-order valence-electron chi connectivity index (χ4n) is 0.966. The van der Waals surface area contributed by atoms with E-state index in [2.05, 4.69) is 10.5 Å². The fourth-order valence-corrected chi connectivity index (χ4v) is 0.966. The van der Waals surface area contributed by atoms with E-state index in [0.29, 0.717) is 0 Å². The van der Waals surface area contributed by atoms with Crippen molar-refractivity contribution in [2.45, 2.75) is 0 Å². The van der Waals surface area contributed by atoms with Crippen LogP contribution < -0.4 is 11.2 Å². The third kappa shape index (κ3) is 8.02. The van der Waals surface area contributed by atoms with Crippen LogP contribution in [0.25, 0.3) is 0 Å². The van der Waals surface area contributed by atoms with Crippen LogP contribution >= 0.6 is 0 Å². The van der Waals surface area contributed by atoms with Crippen LogP contribution in [-0.4, -0.2) is 12.2 Å². The van der Waals surface area contributed by atoms with Gasteiger partial charge >= 0.3 is 23.1 Å². The normalized spacial score (nSPS) is 8.94. The molecule has 0 spiro atoms. The molecule has 2 aromatic rings. The molecule has 4 nitrogen and oxygen atoms in total. The van der Waals surface area contributed by atoms with Gasteiger partial charge in [-0.1, -0.05) is 0 Å². The van der Waals surface area contributed by atoms with Crippen LogP contribution in [0.15, 0.2) is 59.7 Å². The molecular formula is C12H13FeN3O. The monoisotopic (exact) mass is 271 g/mol. The zero-order chi connectivity index (χ0) is 11.6. The number of hydrazone groups is 1. The predicted molar refractivity (Wildman–Crippen MR) is 64.4 cm³/mol. The topological polar surface area (TPSA) is 67.5 Å². The first-order chi connectivity index (χ1) is 7.79. The van der Waals surface area contributed by atoms with Crippen molar-refractivity contribution in [2.75, 3.05) is 0 Å². The Bertz CT molecular complexity index is 390. The Hall–Kier alpha value is -1.84. The van der Waals surface area contributed by atoms with Gasteiger partial charge in [0.05, 0.1) is 0 Å². The summed E-state index contributed by atoms with van der Waals surface area (Å²) in [6, 6.07) is 16.8. The summed E-state index contributed by atoms with van der Waals surface area (Å²) in [6.45, 7) is 0. The minimum atomic E-state index is -0.659. The third-order valence-corrected chi connectivity index (χ3v) is 1.63. The molecule has 0 radical (unpaired) electrons. The Balaban J connectivity index is 0.000000360. The summed E-state index contributed by atoms with van der Waals surface area (Å²) in [6.07, 6.45) is 1.52. The van der Waals surface area contributed by atoms with Gasteiger partial charge in [0, 0.05) is 0 Å². The number of nitrogens with zero attached hydrogens (tertiary/aromatic N) is 1. The molecule has 0 aliphatic rings. The maximum Gasteiger partial charge on any atom is 2.00 e. The van der Waals surface area contributed by atoms with Crippen molar-refractivity contribution in [1.82, 2.24) is 5.43 Å². The van der Waals surface area contributed by atoms with Crippen LogP contribution in [0, 0.1) is 0 Å². The van der Waals surface area contributed by atoms with E-state index in [-0.39, 0.29) is 17.1 Å². The molecule has 0 bridgehead atoms. The van der Waals surface area contributed by atoms with Gasteiger partial charge in [-0.05, 0) is 6.21 Å². The molecule has 0 saturated heterocycles. The van der Waals surface area contributed by atoms with Gasteiger partial charge in [0.1, 0.15) is 0 Å². The molecule has 17 heavy (non-hydrogen) atoms. The summed E-state index contributed by atoms with van der Waals surface area (Å²) in [5.41, 5.74) is 7.79. The van der Waals surface area contributed by atoms with Gasteiger partial charge in [-0.15, -0.1) is 0 Å². The molecule has 0 aliphatic heterocycles. The molecule has 0 saturated carbocycles. The smallest absolute Gasteiger partial charge is 0.350 e. The zero-order valence-corrected chi connectivity index (χ0v) is 10.2. The van der Waals surface area contributed by atoms with E-state index in [1.807, 2.05) is 54.6 Å². The molecule has 0 atom stereocenters. The summed E-state index contributed by atoms with van der Waals surface area (Å²) in [5, 5.41) is 3.56. The first-order valence-electron chi connectivity index (χ1n) is 4.76. The largest absolute Gasteiger partial charge is 2.00 e. The molecule has 0 heterocycles. The predicted octanol–water partition coefficient (Wildman–Crippen LogP) is 1.81. The fraction of sp³-hybridized carbons (Fsp3) is 0. The van der Waals surface area contributed by atoms with Gasteiger partial charge in [0.2, 0.25) is 0 Å². The Morgan fingerprint density at radius 3 is 2.41 bits per heavy atom. The zero-order valence-electron chi connectivity index (χ0n) is 9.06. The maximum atomic E-state index is 10.1. The van der Waals surface area contributed by atoms with Crippen molar-refractivity contribution in [3.05, 3.63) is 60.2 Å². The molecule has 0 aromatic heterocycles. The number of nitrogens with one attached hydrogen (secondary N) is 1. The Kier molecular flexibility index (Phi) is 8.37. The molecule has 2 amide bonds. The van der Waals surface area contributed by atoms with E-state index in [0.717, 1.165) is 5.56 Å².